The van der Waals surface area contributed by atoms with E-state index in [0.717, 1.165) is 43.3 Å². The van der Waals surface area contributed by atoms with E-state index in [1.54, 1.807) is 18.4 Å². The SMILES string of the molecule is COc1cc(NC2CCN(Cc3nnc(C4CC4)s3)CC2)ncn1. The molecule has 2 aliphatic rings. The Balaban J connectivity index is 1.26. The average Bonchev–Trinajstić information content (AvgIpc) is 3.37. The summed E-state index contributed by atoms with van der Waals surface area (Å²) in [5, 5.41) is 14.6. The number of nitrogens with zero attached hydrogens (tertiary/aromatic N) is 5. The molecule has 8 heteroatoms. The maximum atomic E-state index is 5.14. The lowest BCUT2D eigenvalue weighted by atomic mass is 10.1. The Bertz CT molecular complexity index is 681. The van der Waals surface area contributed by atoms with Crippen LogP contribution < -0.4 is 10.1 Å². The molecule has 1 aliphatic heterocycles. The molecule has 24 heavy (non-hydrogen) atoms. The van der Waals surface area contributed by atoms with Crippen molar-refractivity contribution >= 4 is 17.2 Å². The second-order valence-corrected chi connectivity index (χ2v) is 7.54. The summed E-state index contributed by atoms with van der Waals surface area (Å²) in [4.78, 5) is 10.8. The first-order valence-corrected chi connectivity index (χ1v) is 9.29. The number of likely N-dealkylation sites (tertiary alicyclic amines) is 1. The smallest absolute Gasteiger partial charge is 0.218 e. The molecule has 2 fully saturated rings. The van der Waals surface area contributed by atoms with Crippen molar-refractivity contribution in [2.75, 3.05) is 25.5 Å². The molecular weight excluding hydrogens is 324 g/mol. The molecule has 2 aromatic rings. The second kappa shape index (κ2) is 6.98. The monoisotopic (exact) mass is 346 g/mol. The van der Waals surface area contributed by atoms with Gasteiger partial charge < -0.3 is 10.1 Å². The summed E-state index contributed by atoms with van der Waals surface area (Å²) in [5.74, 6) is 2.13. The fourth-order valence-corrected chi connectivity index (χ4v) is 4.05. The summed E-state index contributed by atoms with van der Waals surface area (Å²) in [6.07, 6.45) is 6.31. The second-order valence-electron chi connectivity index (χ2n) is 6.45. The van der Waals surface area contributed by atoms with Gasteiger partial charge in [0.05, 0.1) is 13.7 Å². The molecule has 1 aliphatic carbocycles. The van der Waals surface area contributed by atoms with Gasteiger partial charge in [0.1, 0.15) is 22.2 Å². The zero-order chi connectivity index (χ0) is 16.4. The van der Waals surface area contributed by atoms with Gasteiger partial charge in [0.25, 0.3) is 0 Å². The van der Waals surface area contributed by atoms with Gasteiger partial charge in [-0.05, 0) is 25.7 Å². The van der Waals surface area contributed by atoms with Crippen molar-refractivity contribution in [2.24, 2.45) is 0 Å². The number of hydrogen-bond donors (Lipinski definition) is 1. The van der Waals surface area contributed by atoms with Crippen molar-refractivity contribution in [3.8, 4) is 5.88 Å². The maximum absolute atomic E-state index is 5.14. The van der Waals surface area contributed by atoms with Gasteiger partial charge in [0.2, 0.25) is 5.88 Å². The Kier molecular flexibility index (Phi) is 4.57. The van der Waals surface area contributed by atoms with Crippen LogP contribution in [0.15, 0.2) is 12.4 Å². The summed E-state index contributed by atoms with van der Waals surface area (Å²) < 4.78 is 5.14. The summed E-state index contributed by atoms with van der Waals surface area (Å²) in [6, 6.07) is 2.28. The van der Waals surface area contributed by atoms with Crippen LogP contribution in [0.4, 0.5) is 5.82 Å². The van der Waals surface area contributed by atoms with Crippen molar-refractivity contribution in [2.45, 2.75) is 44.2 Å². The van der Waals surface area contributed by atoms with Crippen LogP contribution in [0.1, 0.15) is 41.6 Å². The van der Waals surface area contributed by atoms with Crippen molar-refractivity contribution in [3.63, 3.8) is 0 Å². The molecule has 0 spiro atoms. The third-order valence-electron chi connectivity index (χ3n) is 4.56. The van der Waals surface area contributed by atoms with Gasteiger partial charge in [-0.25, -0.2) is 9.97 Å². The molecule has 0 unspecified atom stereocenters. The highest BCUT2D eigenvalue weighted by molar-refractivity contribution is 7.11. The fourth-order valence-electron chi connectivity index (χ4n) is 2.99. The Morgan fingerprint density at radius 3 is 2.79 bits per heavy atom. The van der Waals surface area contributed by atoms with Crippen LogP contribution in [-0.4, -0.2) is 51.3 Å². The Labute approximate surface area is 145 Å². The van der Waals surface area contributed by atoms with Crippen molar-refractivity contribution in [1.29, 1.82) is 0 Å². The van der Waals surface area contributed by atoms with E-state index in [-0.39, 0.29) is 0 Å². The molecule has 0 aromatic carbocycles. The minimum atomic E-state index is 0.442. The topological polar surface area (TPSA) is 76.1 Å². The van der Waals surface area contributed by atoms with E-state index < -0.39 is 0 Å². The Morgan fingerprint density at radius 1 is 1.21 bits per heavy atom. The molecule has 3 heterocycles. The zero-order valence-electron chi connectivity index (χ0n) is 13.8. The normalized spacial score (nSPS) is 19.4. The van der Waals surface area contributed by atoms with Crippen LogP contribution >= 0.6 is 11.3 Å². The van der Waals surface area contributed by atoms with E-state index in [2.05, 4.69) is 30.4 Å². The van der Waals surface area contributed by atoms with Crippen molar-refractivity contribution in [3.05, 3.63) is 22.4 Å². The van der Waals surface area contributed by atoms with Crippen molar-refractivity contribution < 1.29 is 4.74 Å². The minimum absolute atomic E-state index is 0.442. The van der Waals surface area contributed by atoms with Gasteiger partial charge in [0, 0.05) is 31.1 Å². The Morgan fingerprint density at radius 2 is 2.04 bits per heavy atom. The number of hydrogen-bond acceptors (Lipinski definition) is 8. The third-order valence-corrected chi connectivity index (χ3v) is 5.63. The van der Waals surface area contributed by atoms with Crippen LogP contribution in [0.2, 0.25) is 0 Å². The number of methoxy groups -OCH3 is 1. The third kappa shape index (κ3) is 3.81. The molecule has 1 saturated heterocycles. The van der Waals surface area contributed by atoms with Gasteiger partial charge in [-0.1, -0.05) is 11.3 Å². The molecule has 1 saturated carbocycles. The van der Waals surface area contributed by atoms with Gasteiger partial charge in [-0.3, -0.25) is 4.90 Å². The zero-order valence-corrected chi connectivity index (χ0v) is 14.6. The van der Waals surface area contributed by atoms with Crippen LogP contribution in [-0.2, 0) is 6.54 Å². The number of aromatic nitrogens is 4. The lowest BCUT2D eigenvalue weighted by molar-refractivity contribution is 0.210. The highest BCUT2D eigenvalue weighted by Crippen LogP contribution is 2.41. The molecule has 0 atom stereocenters. The fraction of sp³-hybridized carbons (Fsp3) is 0.625. The van der Waals surface area contributed by atoms with E-state index in [4.69, 9.17) is 4.74 Å². The van der Waals surface area contributed by atoms with E-state index in [1.807, 2.05) is 6.07 Å². The molecule has 0 amide bonds. The molecular formula is C16H22N6OS. The molecule has 7 nitrogen and oxygen atoms in total. The molecule has 2 aromatic heterocycles. The van der Waals surface area contributed by atoms with E-state index in [9.17, 15) is 0 Å². The molecule has 0 radical (unpaired) electrons. The number of nitrogens with one attached hydrogen (secondary N) is 1. The van der Waals surface area contributed by atoms with Gasteiger partial charge >= 0.3 is 0 Å². The lowest BCUT2D eigenvalue weighted by Gasteiger charge is -2.31. The van der Waals surface area contributed by atoms with Crippen molar-refractivity contribution in [1.82, 2.24) is 25.1 Å². The predicted molar refractivity (Wildman–Crippen MR) is 92.4 cm³/mol. The molecule has 0 bridgehead atoms. The van der Waals surface area contributed by atoms with Crippen LogP contribution in [0.3, 0.4) is 0 Å². The minimum Gasteiger partial charge on any atom is -0.481 e. The van der Waals surface area contributed by atoms with Gasteiger partial charge in [-0.2, -0.15) is 0 Å². The number of rotatable bonds is 6. The summed E-state index contributed by atoms with van der Waals surface area (Å²) in [5.41, 5.74) is 0. The van der Waals surface area contributed by atoms with Crippen LogP contribution in [0, 0.1) is 0 Å². The summed E-state index contributed by atoms with van der Waals surface area (Å²) >= 11 is 1.79. The quantitative estimate of drug-likeness (QED) is 0.860. The molecule has 1 N–H and O–H groups in total. The standard InChI is InChI=1S/C16H22N6OS/c1-23-14-8-13(17-10-18-14)19-12-4-6-22(7-5-12)9-15-20-21-16(24-15)11-2-3-11/h8,10-12H,2-7,9H2,1H3,(H,17,18,19). The first kappa shape index (κ1) is 15.7. The lowest BCUT2D eigenvalue weighted by Crippen LogP contribution is -2.38. The summed E-state index contributed by atoms with van der Waals surface area (Å²) in [7, 11) is 1.62. The Hall–Kier alpha value is -1.80. The van der Waals surface area contributed by atoms with Crippen LogP contribution in [0.25, 0.3) is 0 Å². The highest BCUT2D eigenvalue weighted by atomic mass is 32.1. The predicted octanol–water partition coefficient (Wildman–Crippen LogP) is 2.29. The number of piperidine rings is 1. The van der Waals surface area contributed by atoms with Crippen LogP contribution in [0.5, 0.6) is 5.88 Å². The number of anilines is 1. The summed E-state index contributed by atoms with van der Waals surface area (Å²) in [6.45, 7) is 3.06. The highest BCUT2D eigenvalue weighted by Gasteiger charge is 2.28. The maximum Gasteiger partial charge on any atom is 0.218 e. The molecule has 128 valence electrons. The van der Waals surface area contributed by atoms with E-state index in [1.165, 1.54) is 24.2 Å². The van der Waals surface area contributed by atoms with Gasteiger partial charge in [-0.15, -0.1) is 10.2 Å². The first-order chi connectivity index (χ1) is 11.8. The first-order valence-electron chi connectivity index (χ1n) is 8.47. The average molecular weight is 346 g/mol. The van der Waals surface area contributed by atoms with E-state index in [0.29, 0.717) is 17.8 Å². The van der Waals surface area contributed by atoms with E-state index >= 15 is 0 Å². The molecule has 4 rings (SSSR count). The van der Waals surface area contributed by atoms with Gasteiger partial charge in [0.15, 0.2) is 0 Å². The number of ether oxygens (including phenoxy) is 1. The largest absolute Gasteiger partial charge is 0.481 e.